The molecule has 1 atom stereocenters. The van der Waals surface area contributed by atoms with Crippen molar-refractivity contribution in [3.05, 3.63) is 100 Å². The molecule has 0 fully saturated rings. The Bertz CT molecular complexity index is 2020. The Hall–Kier alpha value is -5.72. The van der Waals surface area contributed by atoms with Gasteiger partial charge in [0.15, 0.2) is 0 Å². The first-order chi connectivity index (χ1) is 22.4. The number of benzene rings is 2. The molecule has 0 aliphatic carbocycles. The maximum atomic E-state index is 13.7. The Morgan fingerprint density at radius 2 is 1.72 bits per heavy atom. The summed E-state index contributed by atoms with van der Waals surface area (Å²) in [6.45, 7) is 8.37. The fourth-order valence-electron chi connectivity index (χ4n) is 5.05. The molecule has 3 aromatic heterocycles. The lowest BCUT2D eigenvalue weighted by Crippen LogP contribution is -2.47. The summed E-state index contributed by atoms with van der Waals surface area (Å²) in [6, 6.07) is 17.5. The van der Waals surface area contributed by atoms with Crippen molar-refractivity contribution in [1.29, 1.82) is 0 Å². The molecule has 47 heavy (non-hydrogen) atoms. The third-order valence-electron chi connectivity index (χ3n) is 7.84. The fraction of sp³-hybridized carbons (Fsp3) is 0.294. The Morgan fingerprint density at radius 3 is 2.43 bits per heavy atom. The number of ketones is 1. The Kier molecular flexibility index (Phi) is 9.27. The number of nitrogens with one attached hydrogen (secondary N) is 2. The van der Waals surface area contributed by atoms with Crippen LogP contribution in [0, 0.1) is 12.8 Å². The second kappa shape index (κ2) is 13.3. The van der Waals surface area contributed by atoms with E-state index in [0.29, 0.717) is 5.56 Å². The largest absolute Gasteiger partial charge is 0.453 e. The normalized spacial score (nSPS) is 12.1. The lowest BCUT2D eigenvalue weighted by molar-refractivity contribution is -0.122. The van der Waals surface area contributed by atoms with Crippen molar-refractivity contribution in [1.82, 2.24) is 30.0 Å². The van der Waals surface area contributed by atoms with Gasteiger partial charge in [-0.3, -0.25) is 29.3 Å². The fourth-order valence-corrected chi connectivity index (χ4v) is 5.05. The molecule has 0 saturated carbocycles. The topological polar surface area (TPSA) is 171 Å². The number of ether oxygens (including phenoxy) is 1. The van der Waals surface area contributed by atoms with Crippen LogP contribution >= 0.6 is 0 Å². The highest BCUT2D eigenvalue weighted by molar-refractivity contribution is 5.98. The summed E-state index contributed by atoms with van der Waals surface area (Å²) in [5.41, 5.74) is 0.895. The number of Topliss-reactive ketones (excluding diaryl/α,β-unsaturated/α-hetero) is 1. The molecule has 0 aliphatic rings. The monoisotopic (exact) mass is 637 g/mol. The maximum absolute atomic E-state index is 13.7. The van der Waals surface area contributed by atoms with Gasteiger partial charge in [0, 0.05) is 17.1 Å². The van der Waals surface area contributed by atoms with Gasteiger partial charge in [0.05, 0.1) is 29.8 Å². The molecule has 0 bridgehead atoms. The number of aromatic nitrogens is 5. The number of pyridine rings is 1. The first-order valence-electron chi connectivity index (χ1n) is 14.9. The molecule has 0 saturated heterocycles. The number of aryl methyl sites for hydroxylation is 1. The molecule has 0 unspecified atom stereocenters. The van der Waals surface area contributed by atoms with Gasteiger partial charge in [-0.2, -0.15) is 0 Å². The van der Waals surface area contributed by atoms with E-state index in [1.54, 1.807) is 57.3 Å². The standard InChI is InChI=1S/C34H35N7O6/c1-19(2)26(28(43)30-39-40-32(47-30)34(4,5)23-16-22-14-10-11-15-24(22)35-17-23)37-25(42)18-41-29(21-12-8-7-9-13-21)36-20(3)27(31(41)44)38-33(45)46-6/h7-17,19,26H,18H2,1-6H3,(H,37,42)(H,38,45)/t26-/m0/s1. The van der Waals surface area contributed by atoms with E-state index in [9.17, 15) is 19.2 Å². The lowest BCUT2D eigenvalue weighted by Gasteiger charge is -2.22. The summed E-state index contributed by atoms with van der Waals surface area (Å²) < 4.78 is 11.7. The van der Waals surface area contributed by atoms with Crippen LogP contribution in [0.2, 0.25) is 0 Å². The number of fused-ring (bicyclic) bond motifs is 1. The number of rotatable bonds is 10. The Balaban J connectivity index is 1.41. The predicted octanol–water partition coefficient (Wildman–Crippen LogP) is 4.68. The molecule has 13 heteroatoms. The van der Waals surface area contributed by atoms with Gasteiger partial charge in [-0.15, -0.1) is 10.2 Å². The number of para-hydroxylation sites is 1. The number of carbonyl (C=O) groups excluding carboxylic acids is 3. The third kappa shape index (κ3) is 6.78. The van der Waals surface area contributed by atoms with E-state index in [-0.39, 0.29) is 34.9 Å². The summed E-state index contributed by atoms with van der Waals surface area (Å²) >= 11 is 0. The molecular weight excluding hydrogens is 602 g/mol. The zero-order chi connectivity index (χ0) is 33.9. The van der Waals surface area contributed by atoms with Crippen molar-refractivity contribution < 1.29 is 23.5 Å². The maximum Gasteiger partial charge on any atom is 0.411 e. The van der Waals surface area contributed by atoms with Crippen molar-refractivity contribution in [2.75, 3.05) is 12.4 Å². The summed E-state index contributed by atoms with van der Waals surface area (Å²) in [5.74, 6) is -1.44. The van der Waals surface area contributed by atoms with Crippen molar-refractivity contribution in [2.24, 2.45) is 5.92 Å². The number of methoxy groups -OCH3 is 1. The molecular formula is C34H35N7O6. The second-order valence-electron chi connectivity index (χ2n) is 11.9. The number of nitrogens with zero attached hydrogens (tertiary/aromatic N) is 5. The van der Waals surface area contributed by atoms with Gasteiger partial charge in [-0.05, 0) is 44.4 Å². The first-order valence-corrected chi connectivity index (χ1v) is 14.9. The minimum atomic E-state index is -1.05. The molecule has 2 amide bonds. The average molecular weight is 638 g/mol. The summed E-state index contributed by atoms with van der Waals surface area (Å²) in [7, 11) is 1.17. The highest BCUT2D eigenvalue weighted by Gasteiger charge is 2.34. The first kappa shape index (κ1) is 32.7. The van der Waals surface area contributed by atoms with Gasteiger partial charge in [-0.25, -0.2) is 9.78 Å². The van der Waals surface area contributed by atoms with Crippen molar-refractivity contribution in [2.45, 2.75) is 52.6 Å². The van der Waals surface area contributed by atoms with Crippen molar-refractivity contribution >= 4 is 34.4 Å². The molecule has 3 heterocycles. The lowest BCUT2D eigenvalue weighted by atomic mass is 9.85. The van der Waals surface area contributed by atoms with Crippen molar-refractivity contribution in [3.63, 3.8) is 0 Å². The summed E-state index contributed by atoms with van der Waals surface area (Å²) in [5, 5.41) is 14.3. The Labute approximate surface area is 270 Å². The highest BCUT2D eigenvalue weighted by Crippen LogP contribution is 2.32. The van der Waals surface area contributed by atoms with Gasteiger partial charge in [0.25, 0.3) is 11.4 Å². The van der Waals surface area contributed by atoms with Gasteiger partial charge in [-0.1, -0.05) is 62.4 Å². The molecule has 13 nitrogen and oxygen atoms in total. The minimum Gasteiger partial charge on any atom is -0.453 e. The number of anilines is 1. The quantitative estimate of drug-likeness (QED) is 0.205. The van der Waals surface area contributed by atoms with Gasteiger partial charge in [0.1, 0.15) is 18.1 Å². The van der Waals surface area contributed by atoms with Crippen LogP contribution in [0.1, 0.15) is 55.5 Å². The SMILES string of the molecule is COC(=O)Nc1c(C)nc(-c2ccccc2)n(CC(=O)N[C@H](C(=O)c2nnc(C(C)(C)c3cnc4ccccc4c3)o2)C(C)C)c1=O. The highest BCUT2D eigenvalue weighted by atomic mass is 16.5. The van der Waals surface area contributed by atoms with E-state index in [0.717, 1.165) is 21.0 Å². The molecule has 0 aliphatic heterocycles. The van der Waals surface area contributed by atoms with Crippen LogP contribution < -0.4 is 16.2 Å². The average Bonchev–Trinajstić information content (AvgIpc) is 3.58. The number of hydrogen-bond donors (Lipinski definition) is 2. The Morgan fingerprint density at radius 1 is 1.02 bits per heavy atom. The van der Waals surface area contributed by atoms with Crippen LogP contribution in [0.4, 0.5) is 10.5 Å². The van der Waals surface area contributed by atoms with E-state index >= 15 is 0 Å². The van der Waals surface area contributed by atoms with Crippen LogP contribution in [0.5, 0.6) is 0 Å². The van der Waals surface area contributed by atoms with E-state index in [1.807, 2.05) is 44.2 Å². The zero-order valence-corrected chi connectivity index (χ0v) is 26.9. The van der Waals surface area contributed by atoms with E-state index in [2.05, 4.69) is 35.5 Å². The van der Waals surface area contributed by atoms with Crippen LogP contribution in [-0.4, -0.2) is 55.7 Å². The molecule has 5 aromatic rings. The van der Waals surface area contributed by atoms with Crippen LogP contribution in [0.25, 0.3) is 22.3 Å². The summed E-state index contributed by atoms with van der Waals surface area (Å²) in [6.07, 6.45) is 0.878. The molecule has 5 rings (SSSR count). The van der Waals surface area contributed by atoms with Gasteiger partial charge < -0.3 is 14.5 Å². The minimum absolute atomic E-state index is 0.136. The molecule has 2 aromatic carbocycles. The van der Waals surface area contributed by atoms with Gasteiger partial charge >= 0.3 is 6.09 Å². The predicted molar refractivity (Wildman–Crippen MR) is 174 cm³/mol. The summed E-state index contributed by atoms with van der Waals surface area (Å²) in [4.78, 5) is 61.8. The van der Waals surface area contributed by atoms with E-state index < -0.39 is 41.3 Å². The zero-order valence-electron chi connectivity index (χ0n) is 26.9. The number of carbonyl (C=O) groups is 3. The molecule has 242 valence electrons. The second-order valence-corrected chi connectivity index (χ2v) is 11.9. The molecule has 2 N–H and O–H groups in total. The van der Waals surface area contributed by atoms with Crippen LogP contribution in [0.15, 0.2) is 76.1 Å². The molecule has 0 spiro atoms. The smallest absolute Gasteiger partial charge is 0.411 e. The van der Waals surface area contributed by atoms with Gasteiger partial charge in [0.2, 0.25) is 17.6 Å². The third-order valence-corrected chi connectivity index (χ3v) is 7.84. The van der Waals surface area contributed by atoms with Crippen molar-refractivity contribution in [3.8, 4) is 11.4 Å². The van der Waals surface area contributed by atoms with Crippen LogP contribution in [-0.2, 0) is 21.5 Å². The number of hydrogen-bond acceptors (Lipinski definition) is 10. The van der Waals surface area contributed by atoms with E-state index in [1.165, 1.54) is 7.11 Å². The van der Waals surface area contributed by atoms with Crippen LogP contribution in [0.3, 0.4) is 0 Å². The molecule has 0 radical (unpaired) electrons. The number of amides is 2. The van der Waals surface area contributed by atoms with E-state index in [4.69, 9.17) is 4.42 Å².